The highest BCUT2D eigenvalue weighted by Gasteiger charge is 2.39. The lowest BCUT2D eigenvalue weighted by Gasteiger charge is -2.35. The van der Waals surface area contributed by atoms with Crippen LogP contribution in [0.2, 0.25) is 0 Å². The summed E-state index contributed by atoms with van der Waals surface area (Å²) in [5.41, 5.74) is 1.80. The van der Waals surface area contributed by atoms with Gasteiger partial charge in [0.15, 0.2) is 0 Å². The maximum absolute atomic E-state index is 13.6. The molecule has 4 rings (SSSR count). The average molecular weight is 612 g/mol. The molecule has 1 fully saturated rings. The summed E-state index contributed by atoms with van der Waals surface area (Å²) < 4.78 is 5.74. The zero-order valence-corrected chi connectivity index (χ0v) is 26.1. The summed E-state index contributed by atoms with van der Waals surface area (Å²) in [5.74, 6) is -0.00913. The number of carbonyl (C=O) groups excluding carboxylic acids is 3. The SMILES string of the molecule is CN[C@@H](C)C(=O)N[C@H](C(=O)NC(=O)[C@@H]1CCCN1)C(C)(C)Cc1cc2c(NCc3ccccc3)ncnc2cc1OC.Cl. The number of fused-ring (bicyclic) bond motifs is 1. The van der Waals surface area contributed by atoms with Crippen LogP contribution < -0.4 is 31.3 Å². The van der Waals surface area contributed by atoms with Crippen LogP contribution in [0.5, 0.6) is 5.75 Å². The predicted molar refractivity (Wildman–Crippen MR) is 169 cm³/mol. The second kappa shape index (κ2) is 15.1. The van der Waals surface area contributed by atoms with Gasteiger partial charge >= 0.3 is 0 Å². The number of nitrogens with zero attached hydrogens (tertiary/aromatic N) is 2. The highest BCUT2D eigenvalue weighted by atomic mass is 35.5. The van der Waals surface area contributed by atoms with Gasteiger partial charge in [-0.15, -0.1) is 12.4 Å². The van der Waals surface area contributed by atoms with E-state index in [2.05, 4.69) is 36.6 Å². The van der Waals surface area contributed by atoms with Gasteiger partial charge in [0.25, 0.3) is 0 Å². The second-order valence-electron chi connectivity index (χ2n) is 11.4. The normalized spacial score (nSPS) is 16.1. The van der Waals surface area contributed by atoms with Gasteiger partial charge in [-0.3, -0.25) is 19.7 Å². The van der Waals surface area contributed by atoms with Crippen molar-refractivity contribution in [2.45, 2.75) is 64.7 Å². The molecule has 3 aromatic rings. The number of methoxy groups -OCH3 is 1. The highest BCUT2D eigenvalue weighted by molar-refractivity contribution is 6.02. The molecule has 232 valence electrons. The van der Waals surface area contributed by atoms with Crippen LogP contribution in [0.3, 0.4) is 0 Å². The third-order valence-corrected chi connectivity index (χ3v) is 7.77. The van der Waals surface area contributed by atoms with Crippen LogP contribution in [0.15, 0.2) is 48.8 Å². The van der Waals surface area contributed by atoms with Gasteiger partial charge in [-0.05, 0) is 62.4 Å². The first-order valence-electron chi connectivity index (χ1n) is 14.3. The van der Waals surface area contributed by atoms with Gasteiger partial charge in [-0.2, -0.15) is 0 Å². The van der Waals surface area contributed by atoms with E-state index in [9.17, 15) is 14.4 Å². The lowest BCUT2D eigenvalue weighted by molar-refractivity contribution is -0.137. The number of likely N-dealkylation sites (N-methyl/N-ethyl adjacent to an activating group) is 1. The second-order valence-corrected chi connectivity index (χ2v) is 11.4. The molecule has 12 heteroatoms. The fourth-order valence-electron chi connectivity index (χ4n) is 5.18. The molecule has 1 aromatic heterocycles. The van der Waals surface area contributed by atoms with Gasteiger partial charge < -0.3 is 26.0 Å². The third-order valence-electron chi connectivity index (χ3n) is 7.77. The topological polar surface area (TPSA) is 146 Å². The maximum atomic E-state index is 13.6. The molecular weight excluding hydrogens is 570 g/mol. The van der Waals surface area contributed by atoms with Gasteiger partial charge in [-0.1, -0.05) is 44.2 Å². The minimum absolute atomic E-state index is 0. The van der Waals surface area contributed by atoms with E-state index in [4.69, 9.17) is 4.74 Å². The molecular formula is C31H42ClN7O4. The van der Waals surface area contributed by atoms with Gasteiger partial charge in [0.1, 0.15) is 23.9 Å². The van der Waals surface area contributed by atoms with E-state index in [1.165, 1.54) is 6.33 Å². The lowest BCUT2D eigenvalue weighted by atomic mass is 9.77. The quantitative estimate of drug-likeness (QED) is 0.209. The molecule has 0 radical (unpaired) electrons. The van der Waals surface area contributed by atoms with E-state index in [0.29, 0.717) is 36.5 Å². The van der Waals surface area contributed by atoms with Gasteiger partial charge in [0, 0.05) is 18.0 Å². The molecule has 0 saturated carbocycles. The molecule has 43 heavy (non-hydrogen) atoms. The Kier molecular flexibility index (Phi) is 11.8. The number of ether oxygens (including phenoxy) is 1. The Morgan fingerprint density at radius 2 is 1.86 bits per heavy atom. The number of amides is 3. The first-order valence-corrected chi connectivity index (χ1v) is 14.3. The lowest BCUT2D eigenvalue weighted by Crippen LogP contribution is -2.59. The number of imide groups is 1. The van der Waals surface area contributed by atoms with Crippen LogP contribution in [-0.4, -0.2) is 66.5 Å². The summed E-state index contributed by atoms with van der Waals surface area (Å²) in [6.07, 6.45) is 3.38. The van der Waals surface area contributed by atoms with Gasteiger partial charge in [0.2, 0.25) is 17.7 Å². The number of hydrogen-bond acceptors (Lipinski definition) is 9. The van der Waals surface area contributed by atoms with Crippen molar-refractivity contribution in [2.75, 3.05) is 26.0 Å². The summed E-state index contributed by atoms with van der Waals surface area (Å²) in [7, 11) is 3.26. The number of hydrogen-bond donors (Lipinski definition) is 5. The third kappa shape index (κ3) is 8.40. The molecule has 0 aliphatic carbocycles. The highest BCUT2D eigenvalue weighted by Crippen LogP contribution is 2.35. The van der Waals surface area contributed by atoms with E-state index in [-0.39, 0.29) is 24.2 Å². The number of nitrogens with one attached hydrogen (secondary N) is 5. The predicted octanol–water partition coefficient (Wildman–Crippen LogP) is 2.73. The van der Waals surface area contributed by atoms with Crippen LogP contribution in [0.4, 0.5) is 5.82 Å². The standard InChI is InChI=1S/C31H41N7O4.ClH/c1-19(32-4)28(39)37-26(30(41)38-29(40)23-12-9-13-33-23)31(2,3)16-21-14-22-24(15-25(21)42-5)35-18-36-27(22)34-17-20-10-7-6-8-11-20;/h6-8,10-11,14-15,18-19,23,26,32-33H,9,12-13,16-17H2,1-5H3,(H,37,39)(H,34,35,36)(H,38,40,41);1H/t19-,23-,26+;/m0./s1. The Labute approximate surface area is 258 Å². The van der Waals surface area contributed by atoms with E-state index in [0.717, 1.165) is 29.5 Å². The maximum Gasteiger partial charge on any atom is 0.249 e. The first-order chi connectivity index (χ1) is 20.1. The summed E-state index contributed by atoms with van der Waals surface area (Å²) in [6, 6.07) is 11.9. The van der Waals surface area contributed by atoms with E-state index < -0.39 is 29.4 Å². The number of anilines is 1. The van der Waals surface area contributed by atoms with Crippen molar-refractivity contribution in [3.63, 3.8) is 0 Å². The molecule has 1 saturated heterocycles. The van der Waals surface area contributed by atoms with Gasteiger partial charge in [-0.25, -0.2) is 9.97 Å². The summed E-state index contributed by atoms with van der Waals surface area (Å²) in [5, 5.41) is 15.6. The largest absolute Gasteiger partial charge is 0.496 e. The monoisotopic (exact) mass is 611 g/mol. The Morgan fingerprint density at radius 1 is 1.12 bits per heavy atom. The Balaban J connectivity index is 0.00000506. The molecule has 5 N–H and O–H groups in total. The summed E-state index contributed by atoms with van der Waals surface area (Å²) in [6.45, 7) is 6.80. The molecule has 1 aliphatic heterocycles. The fourth-order valence-corrected chi connectivity index (χ4v) is 5.18. The smallest absolute Gasteiger partial charge is 0.249 e. The number of rotatable bonds is 12. The van der Waals surface area contributed by atoms with Crippen LogP contribution in [0.25, 0.3) is 10.9 Å². The molecule has 2 heterocycles. The Morgan fingerprint density at radius 3 is 2.51 bits per heavy atom. The first kappa shape index (κ1) is 33.7. The average Bonchev–Trinajstić information content (AvgIpc) is 3.53. The van der Waals surface area contributed by atoms with E-state index >= 15 is 0 Å². The molecule has 0 unspecified atom stereocenters. The zero-order chi connectivity index (χ0) is 30.3. The van der Waals surface area contributed by atoms with Crippen LogP contribution in [0.1, 0.15) is 44.7 Å². The minimum atomic E-state index is -1.01. The summed E-state index contributed by atoms with van der Waals surface area (Å²) >= 11 is 0. The molecule has 3 amide bonds. The van der Waals surface area contributed by atoms with Gasteiger partial charge in [0.05, 0.1) is 24.7 Å². The molecule has 1 aliphatic rings. The molecule has 2 aromatic carbocycles. The molecule has 11 nitrogen and oxygen atoms in total. The molecule has 3 atom stereocenters. The van der Waals surface area contributed by atoms with Crippen molar-refractivity contribution in [1.29, 1.82) is 0 Å². The zero-order valence-electron chi connectivity index (χ0n) is 25.3. The molecule has 0 spiro atoms. The van der Waals surface area contributed by atoms with Crippen LogP contribution >= 0.6 is 12.4 Å². The van der Waals surface area contributed by atoms with Crippen LogP contribution in [-0.2, 0) is 27.3 Å². The number of aromatic nitrogens is 2. The van der Waals surface area contributed by atoms with Crippen LogP contribution in [0, 0.1) is 5.41 Å². The Bertz CT molecular complexity index is 1410. The van der Waals surface area contributed by atoms with Crippen molar-refractivity contribution in [2.24, 2.45) is 5.41 Å². The van der Waals surface area contributed by atoms with Crippen molar-refractivity contribution >= 4 is 46.8 Å². The Hall–Kier alpha value is -3.80. The van der Waals surface area contributed by atoms with Crippen molar-refractivity contribution in [3.8, 4) is 5.75 Å². The molecule has 0 bridgehead atoms. The number of halogens is 1. The summed E-state index contributed by atoms with van der Waals surface area (Å²) in [4.78, 5) is 48.3. The van der Waals surface area contributed by atoms with Crippen molar-refractivity contribution in [1.82, 2.24) is 31.2 Å². The fraction of sp³-hybridized carbons (Fsp3) is 0.452. The minimum Gasteiger partial charge on any atom is -0.496 e. The van der Waals surface area contributed by atoms with Crippen molar-refractivity contribution < 1.29 is 19.1 Å². The number of carbonyl (C=O) groups is 3. The van der Waals surface area contributed by atoms with Crippen molar-refractivity contribution in [3.05, 3.63) is 59.9 Å². The van der Waals surface area contributed by atoms with E-state index in [1.54, 1.807) is 21.1 Å². The number of benzene rings is 2. The van der Waals surface area contributed by atoms with E-state index in [1.807, 2.05) is 56.3 Å².